The van der Waals surface area contributed by atoms with Crippen LogP contribution in [0.4, 0.5) is 8.78 Å². The van der Waals surface area contributed by atoms with Crippen LogP contribution in [0, 0.1) is 5.41 Å². The summed E-state index contributed by atoms with van der Waals surface area (Å²) < 4.78 is 42.5. The van der Waals surface area contributed by atoms with Crippen molar-refractivity contribution in [3.05, 3.63) is 23.3 Å². The van der Waals surface area contributed by atoms with E-state index in [9.17, 15) is 18.4 Å². The number of methoxy groups -OCH3 is 2. The van der Waals surface area contributed by atoms with Gasteiger partial charge in [-0.25, -0.2) is 8.78 Å². The molecule has 0 spiro atoms. The lowest BCUT2D eigenvalue weighted by atomic mass is 9.84. The average molecular weight is 328 g/mol. The molecule has 1 unspecified atom stereocenters. The number of esters is 1. The number of ether oxygens (including phenoxy) is 3. The minimum atomic E-state index is -3.18. The fourth-order valence-corrected chi connectivity index (χ4v) is 2.72. The molecule has 1 aliphatic rings. The molecule has 0 bridgehead atoms. The Hall–Kier alpha value is -2.18. The van der Waals surface area contributed by atoms with Gasteiger partial charge in [0.15, 0.2) is 22.7 Å². The number of ketones is 1. The Balaban J connectivity index is 2.54. The number of carbonyl (C=O) groups excluding carboxylic acids is 2. The van der Waals surface area contributed by atoms with Gasteiger partial charge in [0.05, 0.1) is 26.4 Å². The van der Waals surface area contributed by atoms with Crippen LogP contribution in [0.25, 0.3) is 0 Å². The molecular weight excluding hydrogens is 310 g/mol. The number of benzene rings is 1. The molecule has 1 aliphatic carbocycles. The summed E-state index contributed by atoms with van der Waals surface area (Å²) in [5.74, 6) is -1.89. The fourth-order valence-electron chi connectivity index (χ4n) is 2.72. The third-order valence-corrected chi connectivity index (χ3v) is 3.91. The van der Waals surface area contributed by atoms with Crippen molar-refractivity contribution in [2.24, 2.45) is 5.41 Å². The van der Waals surface area contributed by atoms with Gasteiger partial charge in [0.1, 0.15) is 0 Å². The third kappa shape index (κ3) is 2.54. The Morgan fingerprint density at radius 2 is 2.00 bits per heavy atom. The van der Waals surface area contributed by atoms with Crippen LogP contribution in [0.2, 0.25) is 0 Å². The van der Waals surface area contributed by atoms with Crippen LogP contribution in [0.5, 0.6) is 11.5 Å². The molecule has 0 aliphatic heterocycles. The number of hydrogen-bond donors (Lipinski definition) is 0. The summed E-state index contributed by atoms with van der Waals surface area (Å²) in [4.78, 5) is 24.9. The van der Waals surface area contributed by atoms with Gasteiger partial charge in [0.2, 0.25) is 0 Å². The zero-order valence-electron chi connectivity index (χ0n) is 13.2. The van der Waals surface area contributed by atoms with Crippen molar-refractivity contribution >= 4 is 11.8 Å². The second kappa shape index (κ2) is 6.52. The Morgan fingerprint density at radius 3 is 2.52 bits per heavy atom. The topological polar surface area (TPSA) is 61.8 Å². The fraction of sp³-hybridized carbons (Fsp3) is 0.500. The molecule has 1 aromatic rings. The molecule has 0 heterocycles. The molecule has 0 radical (unpaired) electrons. The maximum absolute atomic E-state index is 13.7. The summed E-state index contributed by atoms with van der Waals surface area (Å²) in [6.45, 7) is 1.72. The standard InChI is InChI=1S/C16H18F2O5/c1-4-7-23-15(20)16(14(17)18)8-9-5-6-10(21-2)12(22-3)11(9)13(16)19/h5-6,14H,4,7-8H2,1-3H3. The van der Waals surface area contributed by atoms with Gasteiger partial charge in [-0.05, 0) is 18.1 Å². The Bertz CT molecular complexity index is 629. The summed E-state index contributed by atoms with van der Waals surface area (Å²) in [5.41, 5.74) is -2.24. The number of carbonyl (C=O) groups is 2. The second-order valence-corrected chi connectivity index (χ2v) is 5.25. The zero-order chi connectivity index (χ0) is 17.2. The molecule has 0 fully saturated rings. The van der Waals surface area contributed by atoms with Crippen LogP contribution in [0.1, 0.15) is 29.3 Å². The molecule has 5 nitrogen and oxygen atoms in total. The normalized spacial score (nSPS) is 19.7. The van der Waals surface area contributed by atoms with Crippen molar-refractivity contribution in [1.82, 2.24) is 0 Å². The van der Waals surface area contributed by atoms with Gasteiger partial charge in [0, 0.05) is 6.42 Å². The summed E-state index contributed by atoms with van der Waals surface area (Å²) in [7, 11) is 2.68. The van der Waals surface area contributed by atoms with Crippen LogP contribution >= 0.6 is 0 Å². The van der Waals surface area contributed by atoms with Crippen LogP contribution in [-0.4, -0.2) is 39.0 Å². The van der Waals surface area contributed by atoms with Gasteiger partial charge >= 0.3 is 5.97 Å². The summed E-state index contributed by atoms with van der Waals surface area (Å²) >= 11 is 0. The highest BCUT2D eigenvalue weighted by Crippen LogP contribution is 2.48. The van der Waals surface area contributed by atoms with E-state index in [0.29, 0.717) is 12.0 Å². The number of alkyl halides is 2. The van der Waals surface area contributed by atoms with Crippen LogP contribution < -0.4 is 9.47 Å². The number of fused-ring (bicyclic) bond motifs is 1. The first-order valence-electron chi connectivity index (χ1n) is 7.18. The van der Waals surface area contributed by atoms with Crippen molar-refractivity contribution in [3.8, 4) is 11.5 Å². The number of Topliss-reactive ketones (excluding diaryl/α,β-unsaturated/α-hetero) is 1. The first kappa shape index (κ1) is 17.2. The predicted octanol–water partition coefficient (Wildman–Crippen LogP) is 2.65. The van der Waals surface area contributed by atoms with Crippen molar-refractivity contribution in [1.29, 1.82) is 0 Å². The van der Waals surface area contributed by atoms with Crippen molar-refractivity contribution in [2.75, 3.05) is 20.8 Å². The molecule has 0 saturated carbocycles. The van der Waals surface area contributed by atoms with E-state index in [1.165, 1.54) is 26.4 Å². The molecule has 1 atom stereocenters. The van der Waals surface area contributed by atoms with E-state index in [4.69, 9.17) is 14.2 Å². The van der Waals surface area contributed by atoms with E-state index >= 15 is 0 Å². The summed E-state index contributed by atoms with van der Waals surface area (Å²) in [6.07, 6.45) is -3.12. The molecule has 0 aromatic heterocycles. The lowest BCUT2D eigenvalue weighted by Gasteiger charge is -2.24. The number of rotatable bonds is 6. The minimum Gasteiger partial charge on any atom is -0.493 e. The highest BCUT2D eigenvalue weighted by atomic mass is 19.3. The molecule has 0 amide bonds. The first-order chi connectivity index (χ1) is 10.9. The molecule has 0 N–H and O–H groups in total. The smallest absolute Gasteiger partial charge is 0.326 e. The van der Waals surface area contributed by atoms with E-state index in [2.05, 4.69) is 0 Å². The SMILES string of the molecule is CCCOC(=O)C1(C(F)F)Cc2ccc(OC)c(OC)c2C1=O. The average Bonchev–Trinajstić information content (AvgIpc) is 2.85. The first-order valence-corrected chi connectivity index (χ1v) is 7.18. The van der Waals surface area contributed by atoms with E-state index < -0.39 is 30.0 Å². The quantitative estimate of drug-likeness (QED) is 0.593. The molecule has 1 aromatic carbocycles. The largest absolute Gasteiger partial charge is 0.493 e. The van der Waals surface area contributed by atoms with Crippen LogP contribution in [-0.2, 0) is 16.0 Å². The van der Waals surface area contributed by atoms with Crippen LogP contribution in [0.3, 0.4) is 0 Å². The van der Waals surface area contributed by atoms with Crippen molar-refractivity contribution in [2.45, 2.75) is 26.2 Å². The van der Waals surface area contributed by atoms with Crippen LogP contribution in [0.15, 0.2) is 12.1 Å². The zero-order valence-corrected chi connectivity index (χ0v) is 13.2. The number of halogens is 2. The third-order valence-electron chi connectivity index (χ3n) is 3.91. The highest BCUT2D eigenvalue weighted by Gasteiger charge is 2.60. The molecule has 0 saturated heterocycles. The van der Waals surface area contributed by atoms with Gasteiger partial charge in [0.25, 0.3) is 6.43 Å². The summed E-state index contributed by atoms with van der Waals surface area (Å²) in [5, 5.41) is 0. The van der Waals surface area contributed by atoms with Crippen molar-refractivity contribution < 1.29 is 32.6 Å². The minimum absolute atomic E-state index is 0.0165. The molecule has 2 rings (SSSR count). The lowest BCUT2D eigenvalue weighted by Crippen LogP contribution is -2.45. The lowest BCUT2D eigenvalue weighted by molar-refractivity contribution is -0.160. The molecule has 126 valence electrons. The van der Waals surface area contributed by atoms with Gasteiger partial charge < -0.3 is 14.2 Å². The molecule has 23 heavy (non-hydrogen) atoms. The molecular formula is C16H18F2O5. The molecule has 7 heteroatoms. The second-order valence-electron chi connectivity index (χ2n) is 5.25. The van der Waals surface area contributed by atoms with E-state index in [1.807, 2.05) is 0 Å². The monoisotopic (exact) mass is 328 g/mol. The van der Waals surface area contributed by atoms with Gasteiger partial charge in [-0.2, -0.15) is 0 Å². The Kier molecular flexibility index (Phi) is 4.87. The highest BCUT2D eigenvalue weighted by molar-refractivity contribution is 6.18. The van der Waals surface area contributed by atoms with Gasteiger partial charge in [-0.3, -0.25) is 9.59 Å². The van der Waals surface area contributed by atoms with Gasteiger partial charge in [-0.15, -0.1) is 0 Å². The Morgan fingerprint density at radius 1 is 1.30 bits per heavy atom. The maximum Gasteiger partial charge on any atom is 0.326 e. The van der Waals surface area contributed by atoms with Gasteiger partial charge in [-0.1, -0.05) is 13.0 Å². The maximum atomic E-state index is 13.7. The van der Waals surface area contributed by atoms with Crippen molar-refractivity contribution in [3.63, 3.8) is 0 Å². The van der Waals surface area contributed by atoms with E-state index in [-0.39, 0.29) is 23.7 Å². The van der Waals surface area contributed by atoms with E-state index in [1.54, 1.807) is 6.92 Å². The Labute approximate surface area is 132 Å². The van der Waals surface area contributed by atoms with E-state index in [0.717, 1.165) is 0 Å². The summed E-state index contributed by atoms with van der Waals surface area (Å²) in [6, 6.07) is 3.01. The number of hydrogen-bond acceptors (Lipinski definition) is 5. The predicted molar refractivity (Wildman–Crippen MR) is 77.3 cm³/mol.